The molecule has 0 aliphatic heterocycles. The highest BCUT2D eigenvalue weighted by Crippen LogP contribution is 2.21. The predicted octanol–water partition coefficient (Wildman–Crippen LogP) is 3.11. The van der Waals surface area contributed by atoms with E-state index in [0.29, 0.717) is 22.7 Å². The third kappa shape index (κ3) is 2.55. The van der Waals surface area contributed by atoms with Crippen LogP contribution in [-0.4, -0.2) is 10.9 Å². The summed E-state index contributed by atoms with van der Waals surface area (Å²) in [7, 11) is 0. The van der Waals surface area contributed by atoms with Crippen LogP contribution >= 0.6 is 0 Å². The average molecular weight is 285 g/mol. The van der Waals surface area contributed by atoms with E-state index >= 15 is 0 Å². The van der Waals surface area contributed by atoms with Crippen molar-refractivity contribution in [2.75, 3.05) is 11.1 Å². The lowest BCUT2D eigenvalue weighted by molar-refractivity contribution is 0.102. The first-order valence-electron chi connectivity index (χ1n) is 6.26. The van der Waals surface area contributed by atoms with Crippen LogP contribution in [0.5, 0.6) is 0 Å². The second kappa shape index (κ2) is 4.90. The van der Waals surface area contributed by atoms with E-state index in [1.807, 2.05) is 0 Å². The van der Waals surface area contributed by atoms with E-state index in [4.69, 9.17) is 10.2 Å². The Kier molecular flexibility index (Phi) is 3.06. The van der Waals surface area contributed by atoms with Crippen LogP contribution < -0.4 is 11.1 Å². The summed E-state index contributed by atoms with van der Waals surface area (Å²) in [5, 5.41) is 2.62. The number of anilines is 2. The zero-order valence-electron chi connectivity index (χ0n) is 11.2. The van der Waals surface area contributed by atoms with Gasteiger partial charge in [0.2, 0.25) is 0 Å². The molecule has 0 radical (unpaired) electrons. The van der Waals surface area contributed by atoms with Crippen LogP contribution in [-0.2, 0) is 0 Å². The summed E-state index contributed by atoms with van der Waals surface area (Å²) < 4.78 is 19.0. The van der Waals surface area contributed by atoms with Gasteiger partial charge in [-0.25, -0.2) is 9.37 Å². The van der Waals surface area contributed by atoms with Crippen molar-refractivity contribution in [2.45, 2.75) is 6.92 Å². The highest BCUT2D eigenvalue weighted by molar-refractivity contribution is 6.05. The Morgan fingerprint density at radius 2 is 2.10 bits per heavy atom. The molecule has 0 saturated heterocycles. The van der Waals surface area contributed by atoms with Gasteiger partial charge in [0, 0.05) is 18.3 Å². The zero-order valence-corrected chi connectivity index (χ0v) is 11.2. The molecule has 0 aliphatic carbocycles. The molecule has 3 N–H and O–H groups in total. The maximum absolute atomic E-state index is 13.7. The predicted molar refractivity (Wildman–Crippen MR) is 77.5 cm³/mol. The molecule has 0 aliphatic rings. The molecule has 1 heterocycles. The molecule has 3 aromatic rings. The van der Waals surface area contributed by atoms with Gasteiger partial charge in [0.25, 0.3) is 5.91 Å². The smallest absolute Gasteiger partial charge is 0.258 e. The van der Waals surface area contributed by atoms with Crippen molar-refractivity contribution in [3.8, 4) is 0 Å². The summed E-state index contributed by atoms with van der Waals surface area (Å²) in [4.78, 5) is 16.2. The number of nitrogens with zero attached hydrogens (tertiary/aromatic N) is 1. The molecule has 0 bridgehead atoms. The second-order valence-corrected chi connectivity index (χ2v) is 4.61. The molecule has 0 spiro atoms. The Hall–Kier alpha value is -2.89. The molecular weight excluding hydrogens is 273 g/mol. The van der Waals surface area contributed by atoms with Crippen molar-refractivity contribution in [1.82, 2.24) is 4.98 Å². The highest BCUT2D eigenvalue weighted by Gasteiger charge is 2.13. The van der Waals surface area contributed by atoms with E-state index in [1.54, 1.807) is 25.1 Å². The number of benzene rings is 2. The largest absolute Gasteiger partial charge is 0.441 e. The van der Waals surface area contributed by atoms with Gasteiger partial charge >= 0.3 is 0 Å². The van der Waals surface area contributed by atoms with Crippen LogP contribution in [0.4, 0.5) is 15.8 Å². The van der Waals surface area contributed by atoms with E-state index < -0.39 is 11.7 Å². The number of halogens is 1. The summed E-state index contributed by atoms with van der Waals surface area (Å²) >= 11 is 0. The van der Waals surface area contributed by atoms with E-state index in [2.05, 4.69) is 10.3 Å². The van der Waals surface area contributed by atoms with Crippen LogP contribution in [0.15, 0.2) is 40.8 Å². The summed E-state index contributed by atoms with van der Waals surface area (Å²) in [6.07, 6.45) is 0. The molecule has 0 unspecified atom stereocenters. The van der Waals surface area contributed by atoms with Crippen LogP contribution in [0, 0.1) is 12.7 Å². The van der Waals surface area contributed by atoms with Crippen molar-refractivity contribution in [2.24, 2.45) is 0 Å². The molecule has 1 amide bonds. The van der Waals surface area contributed by atoms with Gasteiger partial charge in [-0.1, -0.05) is 0 Å². The Labute approximate surface area is 119 Å². The number of carbonyl (C=O) groups is 1. The number of carbonyl (C=O) groups excluding carboxylic acids is 1. The molecule has 0 saturated carbocycles. The number of nitrogens with two attached hydrogens (primary N) is 1. The van der Waals surface area contributed by atoms with Gasteiger partial charge in [-0.05, 0) is 36.4 Å². The molecule has 3 rings (SSSR count). The molecule has 21 heavy (non-hydrogen) atoms. The fourth-order valence-electron chi connectivity index (χ4n) is 2.03. The van der Waals surface area contributed by atoms with E-state index in [-0.39, 0.29) is 11.3 Å². The van der Waals surface area contributed by atoms with Gasteiger partial charge in [-0.2, -0.15) is 0 Å². The lowest BCUT2D eigenvalue weighted by Crippen LogP contribution is -2.13. The Bertz CT molecular complexity index is 842. The SMILES string of the molecule is Cc1nc2cc(NC(=O)c3ccc(N)cc3F)ccc2o1. The monoisotopic (exact) mass is 285 g/mol. The van der Waals surface area contributed by atoms with Crippen molar-refractivity contribution in [3.63, 3.8) is 0 Å². The van der Waals surface area contributed by atoms with Crippen LogP contribution in [0.1, 0.15) is 16.2 Å². The maximum atomic E-state index is 13.7. The number of oxazole rings is 1. The van der Waals surface area contributed by atoms with Crippen molar-refractivity contribution < 1.29 is 13.6 Å². The molecule has 6 heteroatoms. The van der Waals surface area contributed by atoms with E-state index in [1.165, 1.54) is 12.1 Å². The van der Waals surface area contributed by atoms with Gasteiger partial charge in [-0.3, -0.25) is 4.79 Å². The first-order chi connectivity index (χ1) is 10.0. The van der Waals surface area contributed by atoms with Crippen molar-refractivity contribution >= 4 is 28.4 Å². The molecule has 106 valence electrons. The Morgan fingerprint density at radius 3 is 2.86 bits per heavy atom. The molecule has 0 fully saturated rings. The molecule has 1 aromatic heterocycles. The number of aromatic nitrogens is 1. The Morgan fingerprint density at radius 1 is 1.29 bits per heavy atom. The fraction of sp³-hybridized carbons (Fsp3) is 0.0667. The third-order valence-corrected chi connectivity index (χ3v) is 2.99. The van der Waals surface area contributed by atoms with Crippen molar-refractivity contribution in [1.29, 1.82) is 0 Å². The van der Waals surface area contributed by atoms with Gasteiger partial charge in [0.05, 0.1) is 5.56 Å². The lowest BCUT2D eigenvalue weighted by Gasteiger charge is -2.06. The second-order valence-electron chi connectivity index (χ2n) is 4.61. The molecule has 0 atom stereocenters. The fourth-order valence-corrected chi connectivity index (χ4v) is 2.03. The number of aryl methyl sites for hydroxylation is 1. The minimum Gasteiger partial charge on any atom is -0.441 e. The molecule has 2 aromatic carbocycles. The first kappa shape index (κ1) is 13.1. The summed E-state index contributed by atoms with van der Waals surface area (Å²) in [5.74, 6) is -0.670. The zero-order chi connectivity index (χ0) is 15.0. The third-order valence-electron chi connectivity index (χ3n) is 2.99. The highest BCUT2D eigenvalue weighted by atomic mass is 19.1. The number of hydrogen-bond acceptors (Lipinski definition) is 4. The van der Waals surface area contributed by atoms with Crippen LogP contribution in [0.2, 0.25) is 0 Å². The van der Waals surface area contributed by atoms with Crippen molar-refractivity contribution in [3.05, 3.63) is 53.7 Å². The summed E-state index contributed by atoms with van der Waals surface area (Å²) in [6, 6.07) is 8.96. The lowest BCUT2D eigenvalue weighted by atomic mass is 10.1. The number of fused-ring (bicyclic) bond motifs is 1. The molecule has 5 nitrogen and oxygen atoms in total. The number of nitrogen functional groups attached to an aromatic ring is 1. The standard InChI is InChI=1S/C15H12FN3O2/c1-8-18-13-7-10(3-5-14(13)21-8)19-15(20)11-4-2-9(17)6-12(11)16/h2-7H,17H2,1H3,(H,19,20). The summed E-state index contributed by atoms with van der Waals surface area (Å²) in [6.45, 7) is 1.74. The maximum Gasteiger partial charge on any atom is 0.258 e. The van der Waals surface area contributed by atoms with Gasteiger partial charge < -0.3 is 15.5 Å². The Balaban J connectivity index is 1.88. The van der Waals surface area contributed by atoms with Gasteiger partial charge in [-0.15, -0.1) is 0 Å². The number of amides is 1. The number of hydrogen-bond donors (Lipinski definition) is 2. The topological polar surface area (TPSA) is 81.2 Å². The quantitative estimate of drug-likeness (QED) is 0.709. The number of rotatable bonds is 2. The van der Waals surface area contributed by atoms with E-state index in [0.717, 1.165) is 6.07 Å². The van der Waals surface area contributed by atoms with Gasteiger partial charge in [0.15, 0.2) is 11.5 Å². The van der Waals surface area contributed by atoms with E-state index in [9.17, 15) is 9.18 Å². The first-order valence-corrected chi connectivity index (χ1v) is 6.26. The normalized spacial score (nSPS) is 10.8. The van der Waals surface area contributed by atoms with Crippen LogP contribution in [0.25, 0.3) is 11.1 Å². The number of nitrogens with one attached hydrogen (secondary N) is 1. The molecular formula is C15H12FN3O2. The average Bonchev–Trinajstić information content (AvgIpc) is 2.77. The summed E-state index contributed by atoms with van der Waals surface area (Å²) in [5.41, 5.74) is 7.42. The minimum absolute atomic E-state index is 0.0689. The minimum atomic E-state index is -0.661. The van der Waals surface area contributed by atoms with Gasteiger partial charge in [0.1, 0.15) is 11.3 Å². The van der Waals surface area contributed by atoms with Crippen LogP contribution in [0.3, 0.4) is 0 Å².